The Bertz CT molecular complexity index is 509. The van der Waals surface area contributed by atoms with Gasteiger partial charge in [0.15, 0.2) is 17.6 Å². The van der Waals surface area contributed by atoms with E-state index in [1.54, 1.807) is 0 Å². The fraction of sp³-hybridized carbons (Fsp3) is 0.385. The smallest absolute Gasteiger partial charge is 0.320 e. The summed E-state index contributed by atoms with van der Waals surface area (Å²) in [6, 6.07) is 1.85. The van der Waals surface area contributed by atoms with Gasteiger partial charge in [0, 0.05) is 6.54 Å². The van der Waals surface area contributed by atoms with Crippen LogP contribution in [0.15, 0.2) is 12.1 Å². The molecule has 0 radical (unpaired) electrons. The average molecular weight is 324 g/mol. The van der Waals surface area contributed by atoms with Crippen LogP contribution in [0.25, 0.3) is 0 Å². The predicted octanol–water partition coefficient (Wildman–Crippen LogP) is 1.35. The van der Waals surface area contributed by atoms with Crippen molar-refractivity contribution in [2.75, 3.05) is 14.2 Å². The van der Waals surface area contributed by atoms with Crippen molar-refractivity contribution in [2.24, 2.45) is 11.7 Å². The lowest BCUT2D eigenvalue weighted by Crippen LogP contribution is -2.29. The summed E-state index contributed by atoms with van der Waals surface area (Å²) in [5, 5.41) is 0. The maximum atomic E-state index is 13.3. The van der Waals surface area contributed by atoms with Crippen LogP contribution in [0.4, 0.5) is 8.78 Å². The Balaban J connectivity index is 0.00000400. The first-order chi connectivity index (χ1) is 9.44. The van der Waals surface area contributed by atoms with E-state index in [0.717, 1.165) is 26.4 Å². The summed E-state index contributed by atoms with van der Waals surface area (Å²) in [5.74, 6) is -5.00. The summed E-state index contributed by atoms with van der Waals surface area (Å²) >= 11 is 0. The van der Waals surface area contributed by atoms with Gasteiger partial charge in [-0.05, 0) is 29.7 Å². The fourth-order valence-electron chi connectivity index (χ4n) is 1.78. The van der Waals surface area contributed by atoms with Gasteiger partial charge in [-0.1, -0.05) is 0 Å². The summed E-state index contributed by atoms with van der Waals surface area (Å²) in [5.41, 5.74) is 6.00. The molecule has 21 heavy (non-hydrogen) atoms. The summed E-state index contributed by atoms with van der Waals surface area (Å²) in [7, 11) is 2.24. The molecule has 1 aromatic carbocycles. The molecule has 0 bridgehead atoms. The average Bonchev–Trinajstić information content (AvgIpc) is 2.46. The van der Waals surface area contributed by atoms with Crippen molar-refractivity contribution in [1.29, 1.82) is 0 Å². The minimum Gasteiger partial charge on any atom is -0.468 e. The first kappa shape index (κ1) is 19.3. The Labute approximate surface area is 126 Å². The molecule has 2 N–H and O–H groups in total. The zero-order valence-corrected chi connectivity index (χ0v) is 12.3. The molecular weight excluding hydrogens is 308 g/mol. The molecule has 0 aliphatic rings. The molecule has 0 aliphatic heterocycles. The number of carbonyl (C=O) groups excluding carboxylic acids is 2. The number of hydrogen-bond acceptors (Lipinski definition) is 5. The minimum atomic E-state index is -1.25. The first-order valence-corrected chi connectivity index (χ1v) is 5.77. The van der Waals surface area contributed by atoms with Gasteiger partial charge in [-0.2, -0.15) is 0 Å². The number of esters is 2. The van der Waals surface area contributed by atoms with Crippen molar-refractivity contribution in [3.63, 3.8) is 0 Å². The summed E-state index contributed by atoms with van der Waals surface area (Å²) in [6.07, 6.45) is -0.178. The first-order valence-electron chi connectivity index (χ1n) is 5.77. The van der Waals surface area contributed by atoms with E-state index in [1.807, 2.05) is 0 Å². The molecule has 0 atom stereocenters. The number of benzene rings is 1. The molecule has 0 aliphatic carbocycles. The van der Waals surface area contributed by atoms with Crippen LogP contribution >= 0.6 is 12.4 Å². The molecule has 8 heteroatoms. The second-order valence-electron chi connectivity index (χ2n) is 4.04. The molecule has 0 saturated heterocycles. The molecule has 0 fully saturated rings. The van der Waals surface area contributed by atoms with Gasteiger partial charge in [0.25, 0.3) is 0 Å². The van der Waals surface area contributed by atoms with Crippen molar-refractivity contribution in [3.05, 3.63) is 34.9 Å². The van der Waals surface area contributed by atoms with E-state index in [0.29, 0.717) is 5.56 Å². The maximum Gasteiger partial charge on any atom is 0.320 e. The Morgan fingerprint density at radius 1 is 1.10 bits per heavy atom. The Morgan fingerprint density at radius 3 is 1.90 bits per heavy atom. The molecule has 1 aromatic rings. The van der Waals surface area contributed by atoms with Crippen LogP contribution < -0.4 is 5.73 Å². The Morgan fingerprint density at radius 2 is 1.52 bits per heavy atom. The highest BCUT2D eigenvalue weighted by Gasteiger charge is 2.30. The molecule has 1 rings (SSSR count). The molecule has 0 aromatic heterocycles. The number of ether oxygens (including phenoxy) is 2. The minimum absolute atomic E-state index is 0. The maximum absolute atomic E-state index is 13.3. The highest BCUT2D eigenvalue weighted by Crippen LogP contribution is 2.20. The number of hydrogen-bond donors (Lipinski definition) is 1. The van der Waals surface area contributed by atoms with E-state index in [4.69, 9.17) is 5.73 Å². The number of methoxy groups -OCH3 is 2. The van der Waals surface area contributed by atoms with E-state index in [1.165, 1.54) is 0 Å². The summed E-state index contributed by atoms with van der Waals surface area (Å²) < 4.78 is 35.4. The molecule has 0 heterocycles. The van der Waals surface area contributed by atoms with Crippen LogP contribution in [0.2, 0.25) is 0 Å². The van der Waals surface area contributed by atoms with E-state index < -0.39 is 29.5 Å². The molecule has 0 unspecified atom stereocenters. The lowest BCUT2D eigenvalue weighted by molar-refractivity contribution is -0.158. The lowest BCUT2D eigenvalue weighted by atomic mass is 9.95. The molecular formula is C13H16ClF2NO4. The predicted molar refractivity (Wildman–Crippen MR) is 72.7 cm³/mol. The van der Waals surface area contributed by atoms with Gasteiger partial charge < -0.3 is 15.2 Å². The number of halogens is 3. The zero-order valence-electron chi connectivity index (χ0n) is 11.5. The Hall–Kier alpha value is -1.73. The molecule has 0 amide bonds. The van der Waals surface area contributed by atoms with Gasteiger partial charge in [-0.15, -0.1) is 12.4 Å². The SMILES string of the molecule is COC(=O)C(Cc1cc(F)c(F)cc1CN)C(=O)OC.Cl. The fourth-order valence-corrected chi connectivity index (χ4v) is 1.78. The van der Waals surface area contributed by atoms with Gasteiger partial charge in [-0.25, -0.2) is 8.78 Å². The number of rotatable bonds is 5. The second kappa shape index (κ2) is 8.53. The summed E-state index contributed by atoms with van der Waals surface area (Å²) in [4.78, 5) is 23.1. The molecule has 0 saturated carbocycles. The monoisotopic (exact) mass is 323 g/mol. The number of carbonyl (C=O) groups is 2. The third-order valence-corrected chi connectivity index (χ3v) is 2.86. The van der Waals surface area contributed by atoms with E-state index in [9.17, 15) is 18.4 Å². The van der Waals surface area contributed by atoms with Crippen LogP contribution in [-0.2, 0) is 32.0 Å². The van der Waals surface area contributed by atoms with Gasteiger partial charge >= 0.3 is 11.9 Å². The topological polar surface area (TPSA) is 78.6 Å². The largest absolute Gasteiger partial charge is 0.468 e. The van der Waals surface area contributed by atoms with Gasteiger partial charge in [0.05, 0.1) is 14.2 Å². The van der Waals surface area contributed by atoms with Crippen molar-refractivity contribution < 1.29 is 27.8 Å². The van der Waals surface area contributed by atoms with Crippen molar-refractivity contribution >= 4 is 24.3 Å². The highest BCUT2D eigenvalue weighted by molar-refractivity contribution is 5.95. The van der Waals surface area contributed by atoms with Crippen molar-refractivity contribution in [2.45, 2.75) is 13.0 Å². The third kappa shape index (κ3) is 4.64. The second-order valence-corrected chi connectivity index (χ2v) is 4.04. The van der Waals surface area contributed by atoms with Crippen LogP contribution in [0.5, 0.6) is 0 Å². The van der Waals surface area contributed by atoms with Crippen LogP contribution in [-0.4, -0.2) is 26.2 Å². The quantitative estimate of drug-likeness (QED) is 0.653. The van der Waals surface area contributed by atoms with E-state index >= 15 is 0 Å². The van der Waals surface area contributed by atoms with Gasteiger partial charge in [-0.3, -0.25) is 9.59 Å². The zero-order chi connectivity index (χ0) is 15.3. The third-order valence-electron chi connectivity index (χ3n) is 2.86. The molecule has 0 spiro atoms. The van der Waals surface area contributed by atoms with Gasteiger partial charge in [0.2, 0.25) is 0 Å². The van der Waals surface area contributed by atoms with Gasteiger partial charge in [0.1, 0.15) is 0 Å². The standard InChI is InChI=1S/C13H15F2NO4.ClH/c1-19-12(17)9(13(18)20-2)3-7-4-10(14)11(15)5-8(7)6-16;/h4-5,9H,3,6,16H2,1-2H3;1H. The van der Waals surface area contributed by atoms with Crippen LogP contribution in [0.3, 0.4) is 0 Å². The Kier molecular flexibility index (Phi) is 7.83. The normalized spacial score (nSPS) is 10.0. The lowest BCUT2D eigenvalue weighted by Gasteiger charge is -2.15. The van der Waals surface area contributed by atoms with Crippen LogP contribution in [0.1, 0.15) is 11.1 Å². The van der Waals surface area contributed by atoms with Crippen molar-refractivity contribution in [3.8, 4) is 0 Å². The summed E-state index contributed by atoms with van der Waals surface area (Å²) in [6.45, 7) is -0.0540. The number of nitrogens with two attached hydrogens (primary N) is 1. The van der Waals surface area contributed by atoms with E-state index in [-0.39, 0.29) is 30.9 Å². The van der Waals surface area contributed by atoms with E-state index in [2.05, 4.69) is 9.47 Å². The highest BCUT2D eigenvalue weighted by atomic mass is 35.5. The molecule has 118 valence electrons. The molecule has 5 nitrogen and oxygen atoms in total. The van der Waals surface area contributed by atoms with Crippen molar-refractivity contribution in [1.82, 2.24) is 0 Å². The van der Waals surface area contributed by atoms with Crippen LogP contribution in [0, 0.1) is 17.6 Å².